The first-order valence-corrected chi connectivity index (χ1v) is 15.8. The number of fused-ring (bicyclic) bond motifs is 2. The molecule has 1 heterocycles. The molecule has 1 aliphatic heterocycles. The first-order chi connectivity index (χ1) is 19.0. The van der Waals surface area contributed by atoms with E-state index in [1.165, 1.54) is 11.1 Å². The molecule has 214 valence electrons. The fourth-order valence-corrected chi connectivity index (χ4v) is 7.30. The van der Waals surface area contributed by atoms with Crippen molar-refractivity contribution in [3.05, 3.63) is 76.3 Å². The van der Waals surface area contributed by atoms with Crippen molar-refractivity contribution in [1.29, 1.82) is 0 Å². The zero-order valence-electron chi connectivity index (χ0n) is 23.5. The van der Waals surface area contributed by atoms with Crippen molar-refractivity contribution >= 4 is 38.5 Å². The molecule has 3 aromatic rings. The Bertz CT molecular complexity index is 1490. The maximum atomic E-state index is 13.4. The number of halogens is 1. The first-order valence-electron chi connectivity index (χ1n) is 14.0. The summed E-state index contributed by atoms with van der Waals surface area (Å²) in [6.45, 7) is 9.46. The quantitative estimate of drug-likeness (QED) is 0.407. The summed E-state index contributed by atoms with van der Waals surface area (Å²) in [4.78, 5) is 14.7. The molecular formula is C31H38ClN3O4S. The van der Waals surface area contributed by atoms with Crippen LogP contribution in [0.2, 0.25) is 5.02 Å². The molecule has 1 saturated heterocycles. The minimum absolute atomic E-state index is 0.334. The predicted octanol–water partition coefficient (Wildman–Crippen LogP) is 5.63. The number of hydrogen-bond acceptors (Lipinski definition) is 5. The lowest BCUT2D eigenvalue weighted by atomic mass is 9.83. The molecule has 7 nitrogen and oxygen atoms in total. The van der Waals surface area contributed by atoms with Crippen LogP contribution in [0.25, 0.3) is 10.8 Å². The van der Waals surface area contributed by atoms with Crippen molar-refractivity contribution in [1.82, 2.24) is 14.5 Å². The highest BCUT2D eigenvalue weighted by Crippen LogP contribution is 2.29. The molecule has 0 bridgehead atoms. The summed E-state index contributed by atoms with van der Waals surface area (Å²) in [5.41, 5.74) is 3.29. The number of carbonyl (C=O) groups is 1. The average molecular weight is 584 g/mol. The lowest BCUT2D eigenvalue weighted by molar-refractivity contribution is 0.0523. The zero-order chi connectivity index (χ0) is 28.5. The average Bonchev–Trinajstić information content (AvgIpc) is 2.91. The Kier molecular flexibility index (Phi) is 8.43. The van der Waals surface area contributed by atoms with Crippen LogP contribution in [0.4, 0.5) is 4.79 Å². The number of carbonyl (C=O) groups excluding carboxylic acids is 1. The van der Waals surface area contributed by atoms with Crippen molar-refractivity contribution in [2.24, 2.45) is 5.92 Å². The number of hydrogen-bond donors (Lipinski definition) is 1. The first kappa shape index (κ1) is 28.9. The molecule has 0 spiro atoms. The van der Waals surface area contributed by atoms with E-state index in [0.29, 0.717) is 35.5 Å². The van der Waals surface area contributed by atoms with Gasteiger partial charge in [0.2, 0.25) is 10.0 Å². The van der Waals surface area contributed by atoms with E-state index in [4.69, 9.17) is 16.3 Å². The van der Waals surface area contributed by atoms with Gasteiger partial charge in [-0.1, -0.05) is 41.9 Å². The fraction of sp³-hybridized carbons (Fsp3) is 0.452. The molecular weight excluding hydrogens is 546 g/mol. The van der Waals surface area contributed by atoms with Gasteiger partial charge in [-0.3, -0.25) is 0 Å². The van der Waals surface area contributed by atoms with Crippen molar-refractivity contribution in [3.63, 3.8) is 0 Å². The summed E-state index contributed by atoms with van der Waals surface area (Å²) in [7, 11) is -3.54. The Morgan fingerprint density at radius 2 is 1.70 bits per heavy atom. The number of nitrogens with zero attached hydrogens (tertiary/aromatic N) is 2. The second-order valence-corrected chi connectivity index (χ2v) is 14.3. The number of ether oxygens (including phenoxy) is 1. The van der Waals surface area contributed by atoms with Gasteiger partial charge in [-0.15, -0.1) is 0 Å². The maximum absolute atomic E-state index is 13.4. The molecule has 1 amide bonds. The van der Waals surface area contributed by atoms with Crippen LogP contribution < -0.4 is 5.32 Å². The van der Waals surface area contributed by atoms with E-state index in [1.54, 1.807) is 22.5 Å². The monoisotopic (exact) mass is 583 g/mol. The predicted molar refractivity (Wildman–Crippen MR) is 159 cm³/mol. The minimum atomic E-state index is -3.54. The third-order valence-electron chi connectivity index (χ3n) is 7.70. The van der Waals surface area contributed by atoms with Gasteiger partial charge < -0.3 is 15.0 Å². The van der Waals surface area contributed by atoms with Crippen molar-refractivity contribution in [2.75, 3.05) is 32.7 Å². The molecule has 40 heavy (non-hydrogen) atoms. The Balaban J connectivity index is 1.12. The molecule has 0 saturated carbocycles. The van der Waals surface area contributed by atoms with Gasteiger partial charge in [0.25, 0.3) is 0 Å². The number of aryl methyl sites for hydroxylation is 1. The summed E-state index contributed by atoms with van der Waals surface area (Å²) in [5.74, 6) is 0.550. The van der Waals surface area contributed by atoms with Crippen LogP contribution in [-0.4, -0.2) is 62.0 Å². The van der Waals surface area contributed by atoms with Gasteiger partial charge in [0.15, 0.2) is 0 Å². The van der Waals surface area contributed by atoms with Crippen molar-refractivity contribution in [3.8, 4) is 0 Å². The molecule has 1 fully saturated rings. The lowest BCUT2D eigenvalue weighted by Gasteiger charge is -2.37. The van der Waals surface area contributed by atoms with E-state index >= 15 is 0 Å². The van der Waals surface area contributed by atoms with Crippen LogP contribution in [0.15, 0.2) is 59.5 Å². The summed E-state index contributed by atoms with van der Waals surface area (Å²) in [6, 6.07) is 17.2. The van der Waals surface area contributed by atoms with Gasteiger partial charge >= 0.3 is 6.09 Å². The van der Waals surface area contributed by atoms with Gasteiger partial charge in [-0.2, -0.15) is 4.31 Å². The molecule has 1 unspecified atom stereocenters. The highest BCUT2D eigenvalue weighted by molar-refractivity contribution is 7.89. The van der Waals surface area contributed by atoms with Crippen molar-refractivity contribution in [2.45, 2.75) is 57.1 Å². The van der Waals surface area contributed by atoms with Crippen LogP contribution in [0, 0.1) is 5.92 Å². The van der Waals surface area contributed by atoms with Gasteiger partial charge in [0.05, 0.1) is 4.90 Å². The topological polar surface area (TPSA) is 79.0 Å². The molecule has 1 atom stereocenters. The molecule has 3 aromatic carbocycles. The van der Waals surface area contributed by atoms with Gasteiger partial charge in [0, 0.05) is 44.3 Å². The maximum Gasteiger partial charge on any atom is 0.407 e. The second-order valence-electron chi connectivity index (χ2n) is 11.9. The van der Waals surface area contributed by atoms with E-state index in [9.17, 15) is 13.2 Å². The number of rotatable bonds is 6. The van der Waals surface area contributed by atoms with Crippen LogP contribution >= 0.6 is 11.6 Å². The molecule has 2 aliphatic rings. The molecule has 1 aliphatic carbocycles. The standard InChI is InChI=1S/C31H38ClN3O4S/c1-31(2,3)39-30(36)33-20-22-4-6-25-17-23(5-7-24(25)16-22)21-34-12-14-35(15-13-34)40(37,38)29-11-9-26-18-28(32)10-8-27(26)19-29/h4,6,8-11,16,18-19,23H,5,7,12-15,17,20-21H2,1-3H3,(H,33,36). The van der Waals surface area contributed by atoms with E-state index in [-0.39, 0.29) is 0 Å². The lowest BCUT2D eigenvalue weighted by Crippen LogP contribution is -2.50. The van der Waals surface area contributed by atoms with E-state index in [1.807, 2.05) is 39.0 Å². The SMILES string of the molecule is CC(C)(C)OC(=O)NCc1ccc2c(c1)CCC(CN1CCN(S(=O)(=O)c3ccc4cc(Cl)ccc4c3)CC1)C2. The summed E-state index contributed by atoms with van der Waals surface area (Å²) in [5, 5.41) is 5.28. The summed E-state index contributed by atoms with van der Waals surface area (Å²) in [6.07, 6.45) is 2.74. The fourth-order valence-electron chi connectivity index (χ4n) is 5.66. The normalized spacial score (nSPS) is 18.9. The van der Waals surface area contributed by atoms with E-state index in [0.717, 1.165) is 55.2 Å². The number of benzene rings is 3. The summed E-state index contributed by atoms with van der Waals surface area (Å²) < 4.78 is 33.7. The number of nitrogens with one attached hydrogen (secondary N) is 1. The van der Waals surface area contributed by atoms with Crippen molar-refractivity contribution < 1.29 is 17.9 Å². The Morgan fingerprint density at radius 3 is 2.45 bits per heavy atom. The van der Waals surface area contributed by atoms with Crippen LogP contribution in [0.1, 0.15) is 43.9 Å². The third-order valence-corrected chi connectivity index (χ3v) is 9.83. The number of amides is 1. The van der Waals surface area contributed by atoms with Crippen LogP contribution in [-0.2, 0) is 34.1 Å². The van der Waals surface area contributed by atoms with Crippen LogP contribution in [0.5, 0.6) is 0 Å². The van der Waals surface area contributed by atoms with Gasteiger partial charge in [-0.25, -0.2) is 13.2 Å². The van der Waals surface area contributed by atoms with E-state index in [2.05, 4.69) is 28.4 Å². The van der Waals surface area contributed by atoms with Crippen LogP contribution in [0.3, 0.4) is 0 Å². The Morgan fingerprint density at radius 1 is 0.975 bits per heavy atom. The molecule has 1 N–H and O–H groups in total. The Labute approximate surface area is 242 Å². The Hall–Kier alpha value is -2.65. The highest BCUT2D eigenvalue weighted by Gasteiger charge is 2.30. The molecule has 0 radical (unpaired) electrons. The van der Waals surface area contributed by atoms with E-state index < -0.39 is 21.7 Å². The summed E-state index contributed by atoms with van der Waals surface area (Å²) >= 11 is 6.07. The minimum Gasteiger partial charge on any atom is -0.444 e. The highest BCUT2D eigenvalue weighted by atomic mass is 35.5. The molecule has 0 aromatic heterocycles. The number of piperazine rings is 1. The molecule has 5 rings (SSSR count). The third kappa shape index (κ3) is 6.97. The van der Waals surface area contributed by atoms with Gasteiger partial charge in [0.1, 0.15) is 5.60 Å². The molecule has 9 heteroatoms. The largest absolute Gasteiger partial charge is 0.444 e. The smallest absolute Gasteiger partial charge is 0.407 e. The number of sulfonamides is 1. The number of alkyl carbamates (subject to hydrolysis) is 1. The zero-order valence-corrected chi connectivity index (χ0v) is 25.0. The van der Waals surface area contributed by atoms with Gasteiger partial charge in [-0.05, 0) is 97.7 Å². The second kappa shape index (κ2) is 11.7.